The van der Waals surface area contributed by atoms with Crippen LogP contribution in [0.2, 0.25) is 0 Å². The van der Waals surface area contributed by atoms with E-state index in [2.05, 4.69) is 37.5 Å². The van der Waals surface area contributed by atoms with Crippen LogP contribution in [0.15, 0.2) is 78.9 Å². The Balaban J connectivity index is 1.60. The smallest absolute Gasteiger partial charge is 0.311 e. The minimum absolute atomic E-state index is 0.193. The van der Waals surface area contributed by atoms with Gasteiger partial charge in [-0.15, -0.1) is 0 Å². The van der Waals surface area contributed by atoms with Crippen molar-refractivity contribution < 1.29 is 14.0 Å². The molecule has 0 aliphatic carbocycles. The first kappa shape index (κ1) is 27.6. The molecule has 0 atom stereocenters. The average Bonchev–Trinajstić information content (AvgIpc) is 3.28. The lowest BCUT2D eigenvalue weighted by Crippen LogP contribution is -2.40. The van der Waals surface area contributed by atoms with E-state index < -0.39 is 11.8 Å². The summed E-state index contributed by atoms with van der Waals surface area (Å²) >= 11 is 0. The van der Waals surface area contributed by atoms with Crippen molar-refractivity contribution in [2.75, 3.05) is 17.2 Å². The van der Waals surface area contributed by atoms with Gasteiger partial charge in [-0.25, -0.2) is 13.9 Å². The maximum atomic E-state index is 13.7. The van der Waals surface area contributed by atoms with Crippen LogP contribution in [0.4, 0.5) is 20.7 Å². The molecule has 0 radical (unpaired) electrons. The summed E-state index contributed by atoms with van der Waals surface area (Å²) in [7, 11) is 0. The van der Waals surface area contributed by atoms with E-state index in [-0.39, 0.29) is 24.4 Å². The van der Waals surface area contributed by atoms with Crippen molar-refractivity contribution >= 4 is 23.4 Å². The van der Waals surface area contributed by atoms with Gasteiger partial charge in [0.2, 0.25) is 5.91 Å². The van der Waals surface area contributed by atoms with Crippen LogP contribution in [-0.4, -0.2) is 33.2 Å². The van der Waals surface area contributed by atoms with Crippen LogP contribution in [0.25, 0.3) is 5.69 Å². The molecule has 2 N–H and O–H groups in total. The maximum Gasteiger partial charge on any atom is 0.322 e. The first-order valence-corrected chi connectivity index (χ1v) is 12.8. The van der Waals surface area contributed by atoms with Gasteiger partial charge < -0.3 is 15.5 Å². The zero-order valence-corrected chi connectivity index (χ0v) is 23.0. The van der Waals surface area contributed by atoms with Crippen molar-refractivity contribution in [2.24, 2.45) is 0 Å². The molecule has 4 aromatic rings. The zero-order chi connectivity index (χ0) is 28.2. The number of carbonyl (C=O) groups excluding carboxylic acids is 2. The molecule has 1 heterocycles. The van der Waals surface area contributed by atoms with E-state index in [9.17, 15) is 14.0 Å². The monoisotopic (exact) mass is 527 g/mol. The molecule has 4 rings (SSSR count). The van der Waals surface area contributed by atoms with Crippen molar-refractivity contribution in [3.8, 4) is 5.69 Å². The average molecular weight is 528 g/mol. The second-order valence-electron chi connectivity index (χ2n) is 10.7. The first-order valence-electron chi connectivity index (χ1n) is 12.8. The third-order valence-electron chi connectivity index (χ3n) is 6.24. The number of nitrogens with one attached hydrogen (secondary N) is 2. The van der Waals surface area contributed by atoms with Gasteiger partial charge in [-0.1, -0.05) is 74.9 Å². The third-order valence-corrected chi connectivity index (χ3v) is 6.24. The fourth-order valence-electron chi connectivity index (χ4n) is 4.19. The summed E-state index contributed by atoms with van der Waals surface area (Å²) in [6.07, 6.45) is 0. The van der Waals surface area contributed by atoms with Crippen LogP contribution < -0.4 is 10.6 Å². The Hall–Kier alpha value is -4.46. The van der Waals surface area contributed by atoms with E-state index in [1.165, 1.54) is 23.1 Å². The number of urea groups is 1. The van der Waals surface area contributed by atoms with Crippen molar-refractivity contribution in [3.05, 3.63) is 107 Å². The van der Waals surface area contributed by atoms with E-state index in [4.69, 9.17) is 5.10 Å². The third kappa shape index (κ3) is 7.10. The van der Waals surface area contributed by atoms with Crippen LogP contribution in [0.3, 0.4) is 0 Å². The van der Waals surface area contributed by atoms with Gasteiger partial charge in [0.05, 0.1) is 11.4 Å². The van der Waals surface area contributed by atoms with Gasteiger partial charge in [-0.3, -0.25) is 4.79 Å². The molecule has 3 amide bonds. The molecule has 1 aromatic heterocycles. The normalized spacial score (nSPS) is 11.2. The fraction of sp³-hybridized carbons (Fsp3) is 0.258. The number of nitrogens with zero attached hydrogens (tertiary/aromatic N) is 3. The van der Waals surface area contributed by atoms with Gasteiger partial charge in [0.15, 0.2) is 0 Å². The lowest BCUT2D eigenvalue weighted by atomic mass is 9.92. The lowest BCUT2D eigenvalue weighted by molar-refractivity contribution is -0.116. The number of amides is 3. The second kappa shape index (κ2) is 11.5. The van der Waals surface area contributed by atoms with Crippen molar-refractivity contribution in [2.45, 2.75) is 46.6 Å². The van der Waals surface area contributed by atoms with E-state index in [0.717, 1.165) is 28.1 Å². The van der Waals surface area contributed by atoms with E-state index in [1.54, 1.807) is 10.7 Å². The topological polar surface area (TPSA) is 79.3 Å². The molecule has 7 nitrogen and oxygen atoms in total. The van der Waals surface area contributed by atoms with E-state index in [0.29, 0.717) is 11.5 Å². The molecule has 0 bridgehead atoms. The molecule has 0 aliphatic rings. The van der Waals surface area contributed by atoms with Gasteiger partial charge in [-0.05, 0) is 49.2 Å². The van der Waals surface area contributed by atoms with Crippen LogP contribution in [0, 0.1) is 19.7 Å². The van der Waals surface area contributed by atoms with Gasteiger partial charge in [0.25, 0.3) is 0 Å². The Kier molecular flexibility index (Phi) is 8.14. The van der Waals surface area contributed by atoms with Crippen LogP contribution in [0.1, 0.15) is 43.2 Å². The Morgan fingerprint density at radius 2 is 1.67 bits per heavy atom. The number of hydrogen-bond acceptors (Lipinski definition) is 3. The summed E-state index contributed by atoms with van der Waals surface area (Å²) in [6.45, 7) is 10.2. The number of carbonyl (C=O) groups is 2. The fourth-order valence-corrected chi connectivity index (χ4v) is 4.19. The number of aromatic nitrogens is 2. The molecular formula is C31H34FN5O2. The summed E-state index contributed by atoms with van der Waals surface area (Å²) in [6, 6.07) is 22.4. The summed E-state index contributed by atoms with van der Waals surface area (Å²) in [5, 5.41) is 10.5. The predicted octanol–water partition coefficient (Wildman–Crippen LogP) is 6.60. The van der Waals surface area contributed by atoms with Crippen LogP contribution >= 0.6 is 0 Å². The van der Waals surface area contributed by atoms with Crippen molar-refractivity contribution in [1.29, 1.82) is 0 Å². The highest BCUT2D eigenvalue weighted by molar-refractivity contribution is 5.96. The lowest BCUT2D eigenvalue weighted by Gasteiger charge is -2.23. The molecule has 202 valence electrons. The van der Waals surface area contributed by atoms with E-state index >= 15 is 0 Å². The van der Waals surface area contributed by atoms with Crippen LogP contribution in [0.5, 0.6) is 0 Å². The molecule has 0 unspecified atom stereocenters. The Morgan fingerprint density at radius 3 is 2.33 bits per heavy atom. The SMILES string of the molecule is Cc1ccc(-n2nc(C(C)(C)C)cc2NC(=O)CN(Cc2ccccc2)C(=O)Nc2cccc(F)c2)c(C)c1. The van der Waals surface area contributed by atoms with Gasteiger partial charge in [0.1, 0.15) is 18.2 Å². The van der Waals surface area contributed by atoms with Crippen LogP contribution in [-0.2, 0) is 16.8 Å². The molecule has 0 aliphatic heterocycles. The number of halogens is 1. The van der Waals surface area contributed by atoms with Crippen molar-refractivity contribution in [3.63, 3.8) is 0 Å². The second-order valence-corrected chi connectivity index (χ2v) is 10.7. The predicted molar refractivity (Wildman–Crippen MR) is 153 cm³/mol. The Labute approximate surface area is 228 Å². The summed E-state index contributed by atoms with van der Waals surface area (Å²) in [5.74, 6) is -0.330. The molecular weight excluding hydrogens is 493 g/mol. The molecule has 0 saturated carbocycles. The minimum atomic E-state index is -0.516. The largest absolute Gasteiger partial charge is 0.322 e. The molecule has 3 aromatic carbocycles. The highest BCUT2D eigenvalue weighted by Gasteiger charge is 2.24. The first-order chi connectivity index (χ1) is 18.5. The number of anilines is 2. The number of benzene rings is 3. The zero-order valence-electron chi connectivity index (χ0n) is 23.0. The van der Waals surface area contributed by atoms with Gasteiger partial charge in [0, 0.05) is 23.7 Å². The molecule has 39 heavy (non-hydrogen) atoms. The van der Waals surface area contributed by atoms with E-state index in [1.807, 2.05) is 62.4 Å². The maximum absolute atomic E-state index is 13.7. The molecule has 8 heteroatoms. The molecule has 0 fully saturated rings. The quantitative estimate of drug-likeness (QED) is 0.284. The number of aryl methyl sites for hydroxylation is 2. The van der Waals surface area contributed by atoms with Gasteiger partial charge >= 0.3 is 6.03 Å². The summed E-state index contributed by atoms with van der Waals surface area (Å²) in [4.78, 5) is 28.0. The Morgan fingerprint density at radius 1 is 0.923 bits per heavy atom. The Bertz CT molecular complexity index is 1470. The standard InChI is InChI=1S/C31H34FN5O2/c1-21-14-15-26(22(2)16-21)37-28(18-27(35-37)31(3,4)5)34-29(38)20-36(19-23-10-7-6-8-11-23)30(39)33-25-13-9-12-24(32)17-25/h6-18H,19-20H2,1-5H3,(H,33,39)(H,34,38). The number of rotatable bonds is 7. The minimum Gasteiger partial charge on any atom is -0.311 e. The highest BCUT2D eigenvalue weighted by atomic mass is 19.1. The molecule has 0 spiro atoms. The highest BCUT2D eigenvalue weighted by Crippen LogP contribution is 2.28. The van der Waals surface area contributed by atoms with Crippen molar-refractivity contribution in [1.82, 2.24) is 14.7 Å². The summed E-state index contributed by atoms with van der Waals surface area (Å²) in [5.41, 5.74) is 4.75. The molecule has 0 saturated heterocycles. The van der Waals surface area contributed by atoms with Gasteiger partial charge in [-0.2, -0.15) is 5.10 Å². The summed E-state index contributed by atoms with van der Waals surface area (Å²) < 4.78 is 15.4. The number of hydrogen-bond donors (Lipinski definition) is 2.